The topological polar surface area (TPSA) is 48.9 Å². The Hall–Kier alpha value is -1.02. The second-order valence-electron chi connectivity index (χ2n) is 6.55. The van der Waals surface area contributed by atoms with Gasteiger partial charge >= 0.3 is 0 Å². The third kappa shape index (κ3) is 7.40. The van der Waals surface area contributed by atoms with E-state index in [4.69, 9.17) is 4.74 Å². The van der Waals surface area contributed by atoms with E-state index in [1.54, 1.807) is 0 Å². The van der Waals surface area contributed by atoms with Crippen LogP contribution in [0.25, 0.3) is 0 Å². The zero-order valence-corrected chi connectivity index (χ0v) is 18.2. The minimum absolute atomic E-state index is 0. The van der Waals surface area contributed by atoms with Crippen molar-refractivity contribution < 1.29 is 4.74 Å². The Bertz CT molecular complexity index is 528. The third-order valence-corrected chi connectivity index (χ3v) is 4.49. The maximum absolute atomic E-state index is 5.55. The fraction of sp³-hybridized carbons (Fsp3) is 0.632. The number of benzene rings is 1. The van der Waals surface area contributed by atoms with Crippen molar-refractivity contribution in [1.82, 2.24) is 15.5 Å². The Morgan fingerprint density at radius 2 is 2.04 bits per heavy atom. The lowest BCUT2D eigenvalue weighted by atomic mass is 10.0. The molecule has 25 heavy (non-hydrogen) atoms. The van der Waals surface area contributed by atoms with Gasteiger partial charge in [-0.25, -0.2) is 0 Å². The fourth-order valence-electron chi connectivity index (χ4n) is 3.05. The Morgan fingerprint density at radius 3 is 2.64 bits per heavy atom. The smallest absolute Gasteiger partial charge is 0.191 e. The first-order valence-electron chi connectivity index (χ1n) is 9.05. The molecule has 0 spiro atoms. The molecule has 1 aliphatic rings. The average molecular weight is 460 g/mol. The molecule has 0 unspecified atom stereocenters. The molecule has 5 nitrogen and oxygen atoms in total. The van der Waals surface area contributed by atoms with Gasteiger partial charge < -0.3 is 20.3 Å². The molecular weight excluding hydrogens is 427 g/mol. The minimum atomic E-state index is 0. The highest BCUT2D eigenvalue weighted by Gasteiger charge is 2.21. The molecule has 1 aromatic rings. The summed E-state index contributed by atoms with van der Waals surface area (Å²) in [4.78, 5) is 6.89. The first-order valence-corrected chi connectivity index (χ1v) is 9.05. The maximum atomic E-state index is 5.55. The van der Waals surface area contributed by atoms with Crippen molar-refractivity contribution in [3.05, 3.63) is 29.8 Å². The summed E-state index contributed by atoms with van der Waals surface area (Å²) in [5.74, 6) is 1.79. The van der Waals surface area contributed by atoms with Crippen LogP contribution in [0.1, 0.15) is 39.2 Å². The van der Waals surface area contributed by atoms with Gasteiger partial charge in [-0.05, 0) is 51.3 Å². The predicted octanol–water partition coefficient (Wildman–Crippen LogP) is 3.24. The average Bonchev–Trinajstić information content (AvgIpc) is 2.59. The van der Waals surface area contributed by atoms with Crippen molar-refractivity contribution in [1.29, 1.82) is 0 Å². The van der Waals surface area contributed by atoms with Gasteiger partial charge in [0, 0.05) is 38.8 Å². The SMILES string of the molecule is CCOc1cccc(CNC(=NC)NC2CCN(C(C)C)CC2)c1.I. The number of hydrogen-bond donors (Lipinski definition) is 2. The molecule has 1 aromatic carbocycles. The number of nitrogens with one attached hydrogen (secondary N) is 2. The van der Waals surface area contributed by atoms with Crippen molar-refractivity contribution in [3.8, 4) is 5.75 Å². The number of halogens is 1. The van der Waals surface area contributed by atoms with Crippen molar-refractivity contribution in [2.24, 2.45) is 4.99 Å². The van der Waals surface area contributed by atoms with Crippen LogP contribution in [0.5, 0.6) is 5.75 Å². The van der Waals surface area contributed by atoms with Crippen molar-refractivity contribution in [3.63, 3.8) is 0 Å². The summed E-state index contributed by atoms with van der Waals surface area (Å²) >= 11 is 0. The van der Waals surface area contributed by atoms with Gasteiger partial charge in [0.05, 0.1) is 6.61 Å². The molecule has 0 aromatic heterocycles. The van der Waals surface area contributed by atoms with Crippen LogP contribution >= 0.6 is 24.0 Å². The van der Waals surface area contributed by atoms with Gasteiger partial charge in [-0.2, -0.15) is 0 Å². The Labute approximate surface area is 169 Å². The lowest BCUT2D eigenvalue weighted by molar-refractivity contribution is 0.167. The van der Waals surface area contributed by atoms with Gasteiger partial charge in [0.25, 0.3) is 0 Å². The van der Waals surface area contributed by atoms with Crippen molar-refractivity contribution in [2.75, 3.05) is 26.7 Å². The van der Waals surface area contributed by atoms with E-state index in [0.717, 1.165) is 31.3 Å². The molecule has 6 heteroatoms. The first-order chi connectivity index (χ1) is 11.6. The van der Waals surface area contributed by atoms with E-state index in [1.165, 1.54) is 18.4 Å². The second kappa shape index (κ2) is 11.6. The predicted molar refractivity (Wildman–Crippen MR) is 116 cm³/mol. The monoisotopic (exact) mass is 460 g/mol. The molecular formula is C19H33IN4O. The van der Waals surface area contributed by atoms with Gasteiger partial charge in [0.1, 0.15) is 5.75 Å². The normalized spacial score (nSPS) is 16.4. The second-order valence-corrected chi connectivity index (χ2v) is 6.55. The van der Waals surface area contributed by atoms with Gasteiger partial charge in [-0.3, -0.25) is 4.99 Å². The number of ether oxygens (including phenoxy) is 1. The van der Waals surface area contributed by atoms with E-state index in [1.807, 2.05) is 26.1 Å². The number of rotatable bonds is 6. The molecule has 2 N–H and O–H groups in total. The molecule has 1 saturated heterocycles. The highest BCUT2D eigenvalue weighted by molar-refractivity contribution is 14.0. The van der Waals surface area contributed by atoms with Crippen LogP contribution in [-0.2, 0) is 6.54 Å². The molecule has 2 rings (SSSR count). The number of aliphatic imine (C=N–C) groups is 1. The molecule has 0 aliphatic carbocycles. The number of nitrogens with zero attached hydrogens (tertiary/aromatic N) is 2. The van der Waals surface area contributed by atoms with E-state index >= 15 is 0 Å². The van der Waals surface area contributed by atoms with Gasteiger partial charge in [0.15, 0.2) is 5.96 Å². The van der Waals surface area contributed by atoms with Crippen LogP contribution in [0.2, 0.25) is 0 Å². The molecule has 0 bridgehead atoms. The van der Waals surface area contributed by atoms with Crippen LogP contribution < -0.4 is 15.4 Å². The van der Waals surface area contributed by atoms with E-state index in [9.17, 15) is 0 Å². The molecule has 142 valence electrons. The number of likely N-dealkylation sites (tertiary alicyclic amines) is 1. The highest BCUT2D eigenvalue weighted by atomic mass is 127. The lowest BCUT2D eigenvalue weighted by Crippen LogP contribution is -2.49. The standard InChI is InChI=1S/C19H32N4O.HI/c1-5-24-18-8-6-7-16(13-18)14-21-19(20-4)22-17-9-11-23(12-10-17)15(2)3;/h6-8,13,15,17H,5,9-12,14H2,1-4H3,(H2,20,21,22);1H. The van der Waals surface area contributed by atoms with E-state index in [2.05, 4.69) is 46.5 Å². The number of hydrogen-bond acceptors (Lipinski definition) is 3. The molecule has 0 atom stereocenters. The summed E-state index contributed by atoms with van der Waals surface area (Å²) in [5.41, 5.74) is 1.19. The zero-order chi connectivity index (χ0) is 17.4. The summed E-state index contributed by atoms with van der Waals surface area (Å²) in [6.07, 6.45) is 2.33. The van der Waals surface area contributed by atoms with E-state index in [-0.39, 0.29) is 24.0 Å². The zero-order valence-electron chi connectivity index (χ0n) is 15.9. The molecule has 0 saturated carbocycles. The quantitative estimate of drug-likeness (QED) is 0.389. The summed E-state index contributed by atoms with van der Waals surface area (Å²) in [5, 5.41) is 6.96. The van der Waals surface area contributed by atoms with Crippen molar-refractivity contribution >= 4 is 29.9 Å². The first kappa shape index (κ1) is 22.0. The Morgan fingerprint density at radius 1 is 1.32 bits per heavy atom. The molecule has 0 amide bonds. The largest absolute Gasteiger partial charge is 0.494 e. The van der Waals surface area contributed by atoms with Crippen LogP contribution in [0, 0.1) is 0 Å². The van der Waals surface area contributed by atoms with Crippen molar-refractivity contribution in [2.45, 2.75) is 52.2 Å². The molecule has 1 heterocycles. The van der Waals surface area contributed by atoms with Gasteiger partial charge in [-0.1, -0.05) is 12.1 Å². The Balaban J connectivity index is 0.00000312. The summed E-state index contributed by atoms with van der Waals surface area (Å²) in [6, 6.07) is 9.33. The lowest BCUT2D eigenvalue weighted by Gasteiger charge is -2.35. The molecule has 0 radical (unpaired) electrons. The summed E-state index contributed by atoms with van der Waals surface area (Å²) in [7, 11) is 1.83. The van der Waals surface area contributed by atoms with Gasteiger partial charge in [0.2, 0.25) is 0 Å². The highest BCUT2D eigenvalue weighted by Crippen LogP contribution is 2.14. The maximum Gasteiger partial charge on any atom is 0.191 e. The summed E-state index contributed by atoms with van der Waals surface area (Å²) < 4.78 is 5.55. The van der Waals surface area contributed by atoms with Gasteiger partial charge in [-0.15, -0.1) is 24.0 Å². The van der Waals surface area contributed by atoms with E-state index in [0.29, 0.717) is 18.7 Å². The Kier molecular flexibility index (Phi) is 10.2. The van der Waals surface area contributed by atoms with Crippen LogP contribution in [0.15, 0.2) is 29.3 Å². The van der Waals surface area contributed by atoms with E-state index < -0.39 is 0 Å². The van der Waals surface area contributed by atoms with Crippen LogP contribution in [0.3, 0.4) is 0 Å². The summed E-state index contributed by atoms with van der Waals surface area (Å²) in [6.45, 7) is 10.3. The molecule has 1 aliphatic heterocycles. The number of guanidine groups is 1. The fourth-order valence-corrected chi connectivity index (χ4v) is 3.05. The third-order valence-electron chi connectivity index (χ3n) is 4.49. The minimum Gasteiger partial charge on any atom is -0.494 e. The van der Waals surface area contributed by atoms with Crippen LogP contribution in [0.4, 0.5) is 0 Å². The molecule has 1 fully saturated rings. The number of piperidine rings is 1. The van der Waals surface area contributed by atoms with Crippen LogP contribution in [-0.4, -0.2) is 49.7 Å².